The van der Waals surface area contributed by atoms with Crippen LogP contribution < -0.4 is 20.3 Å². The number of hydrogen-bond donors (Lipinski definition) is 2. The number of anilines is 3. The van der Waals surface area contributed by atoms with Gasteiger partial charge in [-0.1, -0.05) is 48.0 Å². The summed E-state index contributed by atoms with van der Waals surface area (Å²) in [5.41, 5.74) is 3.07. The van der Waals surface area contributed by atoms with Crippen molar-refractivity contribution in [2.45, 2.75) is 19.0 Å². The highest BCUT2D eigenvalue weighted by Gasteiger charge is 2.34. The van der Waals surface area contributed by atoms with Gasteiger partial charge in [-0.3, -0.25) is 9.59 Å². The first kappa shape index (κ1) is 20.8. The fourth-order valence-corrected chi connectivity index (χ4v) is 3.75. The largest absolute Gasteiger partial charge is 0.497 e. The number of methoxy groups -OCH3 is 1. The van der Waals surface area contributed by atoms with E-state index in [1.165, 1.54) is 0 Å². The molecule has 31 heavy (non-hydrogen) atoms. The van der Waals surface area contributed by atoms with Crippen LogP contribution in [0.4, 0.5) is 17.1 Å². The molecule has 2 amide bonds. The fraction of sp³-hybridized carbons (Fsp3) is 0.167. The van der Waals surface area contributed by atoms with E-state index in [-0.39, 0.29) is 18.2 Å². The first-order valence-corrected chi connectivity index (χ1v) is 10.3. The first-order chi connectivity index (χ1) is 15.0. The smallest absolute Gasteiger partial charge is 0.250 e. The number of hydrogen-bond acceptors (Lipinski definition) is 4. The van der Waals surface area contributed by atoms with Crippen LogP contribution in [0.15, 0.2) is 72.8 Å². The van der Waals surface area contributed by atoms with Gasteiger partial charge in [0.25, 0.3) is 0 Å². The molecule has 0 aromatic heterocycles. The van der Waals surface area contributed by atoms with Gasteiger partial charge in [0, 0.05) is 16.8 Å². The van der Waals surface area contributed by atoms with Crippen molar-refractivity contribution >= 4 is 40.5 Å². The Balaban J connectivity index is 1.55. The van der Waals surface area contributed by atoms with Gasteiger partial charge < -0.3 is 20.3 Å². The van der Waals surface area contributed by atoms with Gasteiger partial charge in [0.05, 0.1) is 31.5 Å². The normalized spacial score (nSPS) is 15.1. The second-order valence-electron chi connectivity index (χ2n) is 7.25. The van der Waals surface area contributed by atoms with Gasteiger partial charge in [-0.2, -0.15) is 0 Å². The number of ether oxygens (including phenoxy) is 1. The summed E-state index contributed by atoms with van der Waals surface area (Å²) in [4.78, 5) is 27.7. The molecule has 1 aliphatic heterocycles. The zero-order valence-corrected chi connectivity index (χ0v) is 17.7. The van der Waals surface area contributed by atoms with Crippen molar-refractivity contribution in [2.24, 2.45) is 0 Å². The molecule has 1 aliphatic rings. The molecular weight excluding hydrogens is 414 g/mol. The van der Waals surface area contributed by atoms with Crippen LogP contribution >= 0.6 is 11.6 Å². The van der Waals surface area contributed by atoms with Crippen LogP contribution in [0.5, 0.6) is 5.75 Å². The zero-order valence-electron chi connectivity index (χ0n) is 17.0. The van der Waals surface area contributed by atoms with Gasteiger partial charge >= 0.3 is 0 Å². The van der Waals surface area contributed by atoms with Crippen LogP contribution in [-0.2, 0) is 16.1 Å². The molecule has 0 saturated heterocycles. The molecule has 0 bridgehead atoms. The topological polar surface area (TPSA) is 70.7 Å². The molecule has 1 atom stereocenters. The maximum absolute atomic E-state index is 13.3. The Morgan fingerprint density at radius 1 is 1.10 bits per heavy atom. The lowest BCUT2D eigenvalue weighted by molar-refractivity contribution is -0.123. The van der Waals surface area contributed by atoms with E-state index in [9.17, 15) is 9.59 Å². The highest BCUT2D eigenvalue weighted by atomic mass is 35.5. The maximum atomic E-state index is 13.3. The van der Waals surface area contributed by atoms with Crippen molar-refractivity contribution < 1.29 is 14.3 Å². The molecule has 6 nitrogen and oxygen atoms in total. The van der Waals surface area contributed by atoms with Gasteiger partial charge in [-0.25, -0.2) is 0 Å². The number of carbonyl (C=O) groups excluding carboxylic acids is 2. The van der Waals surface area contributed by atoms with E-state index in [1.807, 2.05) is 36.4 Å². The number of rotatable bonds is 6. The third kappa shape index (κ3) is 4.81. The average molecular weight is 436 g/mol. The van der Waals surface area contributed by atoms with Gasteiger partial charge in [0.15, 0.2) is 0 Å². The molecule has 3 aromatic rings. The number of halogens is 1. The number of nitrogens with one attached hydrogen (secondary N) is 2. The summed E-state index contributed by atoms with van der Waals surface area (Å²) in [5, 5.41) is 6.57. The third-order valence-electron chi connectivity index (χ3n) is 5.07. The van der Waals surface area contributed by atoms with Crippen LogP contribution in [0.1, 0.15) is 12.0 Å². The van der Waals surface area contributed by atoms with Gasteiger partial charge in [0.2, 0.25) is 11.8 Å². The van der Waals surface area contributed by atoms with E-state index >= 15 is 0 Å². The summed E-state index contributed by atoms with van der Waals surface area (Å²) in [5.74, 6) is 0.200. The lowest BCUT2D eigenvalue weighted by atomic mass is 10.0. The van der Waals surface area contributed by atoms with Gasteiger partial charge in [-0.05, 0) is 35.9 Å². The van der Waals surface area contributed by atoms with E-state index < -0.39 is 6.04 Å². The third-order valence-corrected chi connectivity index (χ3v) is 5.30. The van der Waals surface area contributed by atoms with Crippen molar-refractivity contribution in [1.82, 2.24) is 0 Å². The second-order valence-corrected chi connectivity index (χ2v) is 7.69. The van der Waals surface area contributed by atoms with Crippen molar-refractivity contribution in [2.75, 3.05) is 22.6 Å². The summed E-state index contributed by atoms with van der Waals surface area (Å²) in [7, 11) is 1.56. The molecule has 0 spiro atoms. The highest BCUT2D eigenvalue weighted by molar-refractivity contribution is 6.31. The van der Waals surface area contributed by atoms with Gasteiger partial charge in [-0.15, -0.1) is 0 Å². The molecule has 0 fully saturated rings. The Hall–Kier alpha value is -3.51. The molecule has 0 radical (unpaired) electrons. The first-order valence-electron chi connectivity index (χ1n) is 9.89. The van der Waals surface area contributed by atoms with Crippen LogP contribution in [0, 0.1) is 0 Å². The highest BCUT2D eigenvalue weighted by Crippen LogP contribution is 2.35. The maximum Gasteiger partial charge on any atom is 0.250 e. The lowest BCUT2D eigenvalue weighted by Crippen LogP contribution is -2.48. The van der Waals surface area contributed by atoms with Crippen molar-refractivity contribution in [3.05, 3.63) is 83.4 Å². The predicted octanol–water partition coefficient (Wildman–Crippen LogP) is 4.70. The Labute approximate surface area is 185 Å². The average Bonchev–Trinajstić information content (AvgIpc) is 2.77. The zero-order chi connectivity index (χ0) is 21.8. The number of nitrogens with zero attached hydrogens (tertiary/aromatic N) is 1. The van der Waals surface area contributed by atoms with Crippen molar-refractivity contribution in [3.63, 3.8) is 0 Å². The minimum atomic E-state index is -0.708. The molecule has 0 saturated carbocycles. The summed E-state index contributed by atoms with van der Waals surface area (Å²) >= 11 is 6.18. The molecule has 4 rings (SSSR count). The van der Waals surface area contributed by atoms with Crippen molar-refractivity contribution in [1.29, 1.82) is 0 Å². The molecule has 1 heterocycles. The standard InChI is InChI=1S/C24H22ClN3O3/c1-31-19-9-5-8-18(13-19)26-23(29)14-21-24(30)28(15-16-6-3-2-4-7-16)22-11-10-17(25)12-20(22)27-21/h2-13,21,27H,14-15H2,1H3,(H,26,29)/t21-/m0/s1. The lowest BCUT2D eigenvalue weighted by Gasteiger charge is -2.35. The number of amides is 2. The van der Waals surface area contributed by atoms with Crippen molar-refractivity contribution in [3.8, 4) is 5.75 Å². The Morgan fingerprint density at radius 2 is 1.90 bits per heavy atom. The van der Waals surface area contributed by atoms with Gasteiger partial charge in [0.1, 0.15) is 11.8 Å². The molecule has 3 aromatic carbocycles. The Bertz CT molecular complexity index is 1100. The van der Waals surface area contributed by atoms with E-state index in [1.54, 1.807) is 48.4 Å². The van der Waals surface area contributed by atoms with Crippen LogP contribution in [0.3, 0.4) is 0 Å². The second kappa shape index (κ2) is 9.10. The number of benzene rings is 3. The summed E-state index contributed by atoms with van der Waals surface area (Å²) in [6.07, 6.45) is -0.0205. The van der Waals surface area contributed by atoms with E-state index in [2.05, 4.69) is 10.6 Å². The summed E-state index contributed by atoms with van der Waals surface area (Å²) in [6.45, 7) is 0.407. The molecule has 158 valence electrons. The minimum Gasteiger partial charge on any atom is -0.497 e. The van der Waals surface area contributed by atoms with E-state index in [0.29, 0.717) is 23.0 Å². The fourth-order valence-electron chi connectivity index (χ4n) is 3.58. The minimum absolute atomic E-state index is 0.0205. The van der Waals surface area contributed by atoms with Crippen LogP contribution in [0.2, 0.25) is 5.02 Å². The molecule has 0 unspecified atom stereocenters. The summed E-state index contributed by atoms with van der Waals surface area (Å²) < 4.78 is 5.19. The molecule has 7 heteroatoms. The number of fused-ring (bicyclic) bond motifs is 1. The number of carbonyl (C=O) groups is 2. The molecular formula is C24H22ClN3O3. The summed E-state index contributed by atoms with van der Waals surface area (Å²) in [6, 6.07) is 21.5. The molecule has 2 N–H and O–H groups in total. The Morgan fingerprint density at radius 3 is 2.68 bits per heavy atom. The predicted molar refractivity (Wildman–Crippen MR) is 123 cm³/mol. The molecule has 0 aliphatic carbocycles. The van der Waals surface area contributed by atoms with E-state index in [0.717, 1.165) is 16.9 Å². The quantitative estimate of drug-likeness (QED) is 0.588. The van der Waals surface area contributed by atoms with Crippen LogP contribution in [0.25, 0.3) is 0 Å². The SMILES string of the molecule is COc1cccc(NC(=O)C[C@@H]2Nc3cc(Cl)ccc3N(Cc3ccccc3)C2=O)c1. The Kier molecular flexibility index (Phi) is 6.09. The van der Waals surface area contributed by atoms with E-state index in [4.69, 9.17) is 16.3 Å². The van der Waals surface area contributed by atoms with Crippen LogP contribution in [-0.4, -0.2) is 25.0 Å². The monoisotopic (exact) mass is 435 g/mol.